The molecule has 1 saturated heterocycles. The normalized spacial score (nSPS) is 17.6. The number of rotatable bonds is 4. The second-order valence-corrected chi connectivity index (χ2v) is 12.3. The van der Waals surface area contributed by atoms with Crippen molar-refractivity contribution in [2.24, 2.45) is 0 Å². The monoisotopic (exact) mass is 565 g/mol. The molecule has 3 aromatic rings. The molecular weight excluding hydrogens is 533 g/mol. The number of aryl methyl sites for hydroxylation is 2. The van der Waals surface area contributed by atoms with Crippen LogP contribution in [0.4, 0.5) is 21.6 Å². The van der Waals surface area contributed by atoms with Gasteiger partial charge in [-0.05, 0) is 69.7 Å². The van der Waals surface area contributed by atoms with Crippen LogP contribution in [-0.2, 0) is 5.41 Å². The molecule has 2 aliphatic heterocycles. The number of hydrogen-bond acceptors (Lipinski definition) is 6. The molecule has 40 heavy (non-hydrogen) atoms. The van der Waals surface area contributed by atoms with Crippen molar-refractivity contribution < 1.29 is 19.1 Å². The highest BCUT2D eigenvalue weighted by molar-refractivity contribution is 6.30. The largest absolute Gasteiger partial charge is 0.478 e. The lowest BCUT2D eigenvalue weighted by molar-refractivity contribution is 0.0506. The third-order valence-corrected chi connectivity index (χ3v) is 8.17. The Kier molecular flexibility index (Phi) is 6.77. The van der Waals surface area contributed by atoms with Crippen molar-refractivity contribution in [1.29, 1.82) is 0 Å². The summed E-state index contributed by atoms with van der Waals surface area (Å²) in [4.78, 5) is 40.8. The van der Waals surface area contributed by atoms with E-state index in [1.807, 2.05) is 29.7 Å². The summed E-state index contributed by atoms with van der Waals surface area (Å²) in [6, 6.07) is 10.2. The van der Waals surface area contributed by atoms with E-state index in [0.29, 0.717) is 54.6 Å². The van der Waals surface area contributed by atoms with Gasteiger partial charge < -0.3 is 19.8 Å². The summed E-state index contributed by atoms with van der Waals surface area (Å²) in [5.41, 5.74) is 3.14. The van der Waals surface area contributed by atoms with Crippen LogP contribution in [-0.4, -0.2) is 63.6 Å². The van der Waals surface area contributed by atoms with Crippen molar-refractivity contribution in [3.63, 3.8) is 0 Å². The van der Waals surface area contributed by atoms with Crippen molar-refractivity contribution in [2.45, 2.75) is 52.5 Å². The van der Waals surface area contributed by atoms with Crippen molar-refractivity contribution in [2.75, 3.05) is 36.0 Å². The highest BCUT2D eigenvalue weighted by Crippen LogP contribution is 2.44. The van der Waals surface area contributed by atoms with Gasteiger partial charge in [0.1, 0.15) is 17.3 Å². The Morgan fingerprint density at radius 3 is 2.35 bits per heavy atom. The van der Waals surface area contributed by atoms with Gasteiger partial charge in [-0.2, -0.15) is 0 Å². The molecule has 1 fully saturated rings. The molecule has 0 radical (unpaired) electrons. The van der Waals surface area contributed by atoms with Gasteiger partial charge in [-0.3, -0.25) is 4.79 Å². The number of carboxylic acid groups (broad SMARTS) is 1. The first-order chi connectivity index (χ1) is 18.7. The highest BCUT2D eigenvalue weighted by atomic mass is 35.5. The van der Waals surface area contributed by atoms with Crippen LogP contribution >= 0.6 is 11.6 Å². The standard InChI is InChI=1S/C30H33ClFN5O3/c1-17-13-24(33-18(2)25(17)28(39)40)35-11-12-37(30(5,6)16-35)27(38)22-9-10-23-26(34-22)29(3,4)15-36(23)19-7-8-20(31)21(32)14-19/h7-10,13-14H,11-12,15-16H2,1-6H3,(H,39,40). The zero-order valence-electron chi connectivity index (χ0n) is 23.5. The molecule has 210 valence electrons. The number of carboxylic acids is 1. The molecule has 1 aromatic carbocycles. The minimum atomic E-state index is -0.988. The molecule has 2 aromatic heterocycles. The van der Waals surface area contributed by atoms with Gasteiger partial charge in [0.2, 0.25) is 0 Å². The van der Waals surface area contributed by atoms with Gasteiger partial charge in [0.25, 0.3) is 5.91 Å². The topological polar surface area (TPSA) is 89.9 Å². The van der Waals surface area contributed by atoms with Gasteiger partial charge in [-0.15, -0.1) is 0 Å². The number of carbonyl (C=O) groups is 2. The summed E-state index contributed by atoms with van der Waals surface area (Å²) >= 11 is 5.90. The Morgan fingerprint density at radius 2 is 1.73 bits per heavy atom. The zero-order chi connectivity index (χ0) is 29.1. The minimum Gasteiger partial charge on any atom is -0.478 e. The third-order valence-electron chi connectivity index (χ3n) is 7.86. The average molecular weight is 566 g/mol. The summed E-state index contributed by atoms with van der Waals surface area (Å²) in [6.07, 6.45) is 0. The maximum absolute atomic E-state index is 14.2. The predicted octanol–water partition coefficient (Wildman–Crippen LogP) is 5.75. The molecule has 0 unspecified atom stereocenters. The number of carbonyl (C=O) groups excluding carboxylic acids is 1. The SMILES string of the molecule is Cc1cc(N2CCN(C(=O)c3ccc4c(n3)C(C)(C)CN4c3ccc(Cl)c(F)c3)C(C)(C)C2)nc(C)c1C(=O)O. The fourth-order valence-electron chi connectivity index (χ4n) is 5.89. The Bertz CT molecular complexity index is 1520. The molecule has 0 atom stereocenters. The quantitative estimate of drug-likeness (QED) is 0.430. The maximum Gasteiger partial charge on any atom is 0.337 e. The zero-order valence-corrected chi connectivity index (χ0v) is 24.3. The van der Waals surface area contributed by atoms with Gasteiger partial charge in [0.05, 0.1) is 33.2 Å². The fourth-order valence-corrected chi connectivity index (χ4v) is 6.00. The molecule has 0 saturated carbocycles. The van der Waals surface area contributed by atoms with Crippen LogP contribution in [0, 0.1) is 19.7 Å². The molecule has 2 aliphatic rings. The van der Waals surface area contributed by atoms with Crippen molar-refractivity contribution >= 4 is 40.7 Å². The minimum absolute atomic E-state index is 0.0718. The molecule has 0 aliphatic carbocycles. The number of hydrogen-bond donors (Lipinski definition) is 1. The van der Waals surface area contributed by atoms with E-state index in [-0.39, 0.29) is 21.9 Å². The Balaban J connectivity index is 1.39. The first kappa shape index (κ1) is 27.8. The number of aromatic nitrogens is 2. The lowest BCUT2D eigenvalue weighted by Crippen LogP contribution is -2.61. The number of halogens is 2. The van der Waals surface area contributed by atoms with Crippen LogP contribution in [0.3, 0.4) is 0 Å². The Hall–Kier alpha value is -3.72. The molecule has 0 spiro atoms. The van der Waals surface area contributed by atoms with Crippen LogP contribution in [0.15, 0.2) is 36.4 Å². The summed E-state index contributed by atoms with van der Waals surface area (Å²) in [6.45, 7) is 13.8. The second kappa shape index (κ2) is 9.73. The van der Waals surface area contributed by atoms with E-state index in [4.69, 9.17) is 16.6 Å². The smallest absolute Gasteiger partial charge is 0.337 e. The predicted molar refractivity (Wildman–Crippen MR) is 154 cm³/mol. The summed E-state index contributed by atoms with van der Waals surface area (Å²) in [7, 11) is 0. The van der Waals surface area contributed by atoms with Crippen molar-refractivity contribution in [3.8, 4) is 0 Å². The number of piperazine rings is 1. The molecular formula is C30H33ClFN5O3. The van der Waals surface area contributed by atoms with E-state index in [9.17, 15) is 19.1 Å². The van der Waals surface area contributed by atoms with Gasteiger partial charge in [0, 0.05) is 37.3 Å². The first-order valence-electron chi connectivity index (χ1n) is 13.2. The number of benzene rings is 1. The van der Waals surface area contributed by atoms with E-state index >= 15 is 0 Å². The summed E-state index contributed by atoms with van der Waals surface area (Å²) in [5.74, 6) is -0.916. The van der Waals surface area contributed by atoms with Crippen LogP contribution in [0.2, 0.25) is 5.02 Å². The van der Waals surface area contributed by atoms with E-state index < -0.39 is 17.3 Å². The highest BCUT2D eigenvalue weighted by Gasteiger charge is 2.41. The number of aromatic carboxylic acids is 1. The Morgan fingerprint density at radius 1 is 1.00 bits per heavy atom. The van der Waals surface area contributed by atoms with Crippen LogP contribution in [0.5, 0.6) is 0 Å². The average Bonchev–Trinajstić information content (AvgIpc) is 3.14. The van der Waals surface area contributed by atoms with E-state index in [1.54, 1.807) is 38.1 Å². The first-order valence-corrected chi connectivity index (χ1v) is 13.6. The van der Waals surface area contributed by atoms with Gasteiger partial charge in [-0.1, -0.05) is 25.4 Å². The fraction of sp³-hybridized carbons (Fsp3) is 0.400. The van der Waals surface area contributed by atoms with Crippen LogP contribution in [0.25, 0.3) is 0 Å². The summed E-state index contributed by atoms with van der Waals surface area (Å²) in [5, 5.41) is 9.56. The van der Waals surface area contributed by atoms with Crippen LogP contribution < -0.4 is 9.80 Å². The Labute approximate surface area is 238 Å². The number of nitrogens with zero attached hydrogens (tertiary/aromatic N) is 5. The van der Waals surface area contributed by atoms with E-state index in [2.05, 4.69) is 23.7 Å². The molecule has 5 rings (SSSR count). The number of pyridine rings is 2. The van der Waals surface area contributed by atoms with Crippen molar-refractivity contribution in [3.05, 3.63) is 75.4 Å². The van der Waals surface area contributed by atoms with Crippen LogP contribution in [0.1, 0.15) is 65.5 Å². The van der Waals surface area contributed by atoms with Gasteiger partial charge in [-0.25, -0.2) is 19.2 Å². The number of amides is 1. The van der Waals surface area contributed by atoms with Crippen molar-refractivity contribution in [1.82, 2.24) is 14.9 Å². The molecule has 4 heterocycles. The number of anilines is 3. The second-order valence-electron chi connectivity index (χ2n) is 11.9. The molecule has 10 heteroatoms. The van der Waals surface area contributed by atoms with E-state index in [1.165, 1.54) is 6.07 Å². The third kappa shape index (κ3) is 4.76. The number of fused-ring (bicyclic) bond motifs is 1. The molecule has 0 bridgehead atoms. The molecule has 1 amide bonds. The lowest BCUT2D eigenvalue weighted by atomic mass is 9.91. The molecule has 1 N–H and O–H groups in total. The maximum atomic E-state index is 14.2. The molecule has 8 nitrogen and oxygen atoms in total. The van der Waals surface area contributed by atoms with Gasteiger partial charge in [0.15, 0.2) is 0 Å². The van der Waals surface area contributed by atoms with Gasteiger partial charge >= 0.3 is 5.97 Å². The lowest BCUT2D eigenvalue weighted by Gasteiger charge is -2.47. The summed E-state index contributed by atoms with van der Waals surface area (Å²) < 4.78 is 14.2. The van der Waals surface area contributed by atoms with E-state index in [0.717, 1.165) is 11.4 Å².